The molecule has 2 N–H and O–H groups in total. The highest BCUT2D eigenvalue weighted by Crippen LogP contribution is 2.44. The minimum absolute atomic E-state index is 0.206. The molecule has 1 aliphatic heterocycles. The Balaban J connectivity index is 1.91. The lowest BCUT2D eigenvalue weighted by atomic mass is 9.70. The number of hydrogen-bond donors (Lipinski definition) is 1. The van der Waals surface area contributed by atoms with E-state index < -0.39 is 0 Å². The fourth-order valence-electron chi connectivity index (χ4n) is 4.00. The molecular weight excluding hydrogens is 326 g/mol. The molecule has 2 aliphatic rings. The molecule has 0 fully saturated rings. The number of benzene rings is 1. The fourth-order valence-corrected chi connectivity index (χ4v) is 4.00. The number of pyridine rings is 1. The summed E-state index contributed by atoms with van der Waals surface area (Å²) < 4.78 is 11.0. The Morgan fingerprint density at radius 1 is 1.23 bits per heavy atom. The summed E-state index contributed by atoms with van der Waals surface area (Å²) in [5.74, 6) is 2.29. The molecule has 134 valence electrons. The number of rotatable bonds is 1. The molecule has 2 heterocycles. The minimum atomic E-state index is 0.206. The van der Waals surface area contributed by atoms with Gasteiger partial charge in [-0.25, -0.2) is 4.98 Å². The molecule has 4 rings (SSSR count). The zero-order valence-electron chi connectivity index (χ0n) is 15.4. The van der Waals surface area contributed by atoms with E-state index in [1.54, 1.807) is 0 Å². The molecule has 5 heteroatoms. The van der Waals surface area contributed by atoms with Crippen LogP contribution in [0.25, 0.3) is 11.1 Å². The van der Waals surface area contributed by atoms with Gasteiger partial charge in [0.25, 0.3) is 0 Å². The molecule has 0 radical (unpaired) electrons. The van der Waals surface area contributed by atoms with Crippen molar-refractivity contribution in [3.05, 3.63) is 35.0 Å². The third-order valence-electron chi connectivity index (χ3n) is 5.59. The maximum absolute atomic E-state index is 9.76. The van der Waals surface area contributed by atoms with E-state index in [-0.39, 0.29) is 12.2 Å². The molecule has 26 heavy (non-hydrogen) atoms. The van der Waals surface area contributed by atoms with Crippen molar-refractivity contribution in [2.24, 2.45) is 11.3 Å². The first-order valence-corrected chi connectivity index (χ1v) is 9.00. The van der Waals surface area contributed by atoms with Crippen LogP contribution in [0.15, 0.2) is 18.2 Å². The monoisotopic (exact) mass is 349 g/mol. The predicted molar refractivity (Wildman–Crippen MR) is 99.9 cm³/mol. The maximum atomic E-state index is 9.76. The number of hydrogen-bond acceptors (Lipinski definition) is 5. The minimum Gasteiger partial charge on any atom is -0.454 e. The summed E-state index contributed by atoms with van der Waals surface area (Å²) in [7, 11) is 0. The second-order valence-electron chi connectivity index (χ2n) is 8.16. The molecule has 0 amide bonds. The molecule has 1 aromatic heterocycles. The molecule has 0 saturated carbocycles. The van der Waals surface area contributed by atoms with E-state index >= 15 is 0 Å². The lowest BCUT2D eigenvalue weighted by Gasteiger charge is -2.35. The van der Waals surface area contributed by atoms with Crippen molar-refractivity contribution in [3.8, 4) is 28.7 Å². The van der Waals surface area contributed by atoms with Gasteiger partial charge in [-0.05, 0) is 53.9 Å². The Kier molecular flexibility index (Phi) is 3.80. The summed E-state index contributed by atoms with van der Waals surface area (Å²) in [6.45, 7) is 7.06. The lowest BCUT2D eigenvalue weighted by molar-refractivity contribution is 0.174. The highest BCUT2D eigenvalue weighted by atomic mass is 16.7. The van der Waals surface area contributed by atoms with Gasteiger partial charge in [-0.2, -0.15) is 5.26 Å². The number of nitrogens with two attached hydrogens (primary N) is 1. The van der Waals surface area contributed by atoms with Crippen molar-refractivity contribution in [3.63, 3.8) is 0 Å². The molecule has 2 aromatic rings. The van der Waals surface area contributed by atoms with Crippen LogP contribution < -0.4 is 15.2 Å². The maximum Gasteiger partial charge on any atom is 0.231 e. The van der Waals surface area contributed by atoms with Crippen LogP contribution in [0.5, 0.6) is 11.5 Å². The number of aromatic nitrogens is 1. The zero-order valence-corrected chi connectivity index (χ0v) is 15.4. The number of nitriles is 1. The van der Waals surface area contributed by atoms with E-state index in [9.17, 15) is 5.26 Å². The average Bonchev–Trinajstić information content (AvgIpc) is 3.06. The van der Waals surface area contributed by atoms with Crippen LogP contribution in [-0.2, 0) is 12.8 Å². The van der Waals surface area contributed by atoms with E-state index in [1.165, 1.54) is 0 Å². The topological polar surface area (TPSA) is 81.2 Å². The molecule has 1 unspecified atom stereocenters. The van der Waals surface area contributed by atoms with Crippen molar-refractivity contribution in [1.29, 1.82) is 5.26 Å². The quantitative estimate of drug-likeness (QED) is 0.839. The number of ether oxygens (including phenoxy) is 2. The largest absolute Gasteiger partial charge is 0.454 e. The van der Waals surface area contributed by atoms with Crippen molar-refractivity contribution >= 4 is 5.82 Å². The first-order chi connectivity index (χ1) is 12.4. The molecule has 5 nitrogen and oxygen atoms in total. The normalized spacial score (nSPS) is 18.3. The van der Waals surface area contributed by atoms with Gasteiger partial charge < -0.3 is 15.2 Å². The van der Waals surface area contributed by atoms with Gasteiger partial charge in [-0.15, -0.1) is 0 Å². The van der Waals surface area contributed by atoms with Crippen molar-refractivity contribution in [2.45, 2.75) is 40.0 Å². The van der Waals surface area contributed by atoms with E-state index in [0.29, 0.717) is 23.0 Å². The van der Waals surface area contributed by atoms with E-state index in [0.717, 1.165) is 47.4 Å². The van der Waals surface area contributed by atoms with Gasteiger partial charge >= 0.3 is 0 Å². The Hall–Kier alpha value is -2.74. The fraction of sp³-hybridized carbons (Fsp3) is 0.429. The molecule has 1 aromatic carbocycles. The van der Waals surface area contributed by atoms with Crippen LogP contribution in [0.2, 0.25) is 0 Å². The summed E-state index contributed by atoms with van der Waals surface area (Å²) in [6, 6.07) is 8.09. The third-order valence-corrected chi connectivity index (χ3v) is 5.59. The van der Waals surface area contributed by atoms with Crippen LogP contribution in [0.1, 0.15) is 44.0 Å². The Bertz CT molecular complexity index is 922. The van der Waals surface area contributed by atoms with Crippen LogP contribution in [0.4, 0.5) is 5.82 Å². The first kappa shape index (κ1) is 16.7. The van der Waals surface area contributed by atoms with Crippen molar-refractivity contribution < 1.29 is 9.47 Å². The molecule has 1 aliphatic carbocycles. The standard InChI is InChI=1S/C21H23N3O2/c1-21(2,3)13-5-6-16-14(9-13)19(15(10-22)20(23)24-16)12-4-7-17-18(8-12)26-11-25-17/h4,7-8,13H,5-6,9,11H2,1-3H3,(H2,23,24). The number of fused-ring (bicyclic) bond motifs is 2. The second kappa shape index (κ2) is 5.91. The summed E-state index contributed by atoms with van der Waals surface area (Å²) in [4.78, 5) is 4.56. The van der Waals surface area contributed by atoms with Crippen LogP contribution in [-0.4, -0.2) is 11.8 Å². The third kappa shape index (κ3) is 2.66. The van der Waals surface area contributed by atoms with Crippen LogP contribution in [0.3, 0.4) is 0 Å². The number of anilines is 1. The van der Waals surface area contributed by atoms with Gasteiger partial charge in [0.05, 0.1) is 0 Å². The van der Waals surface area contributed by atoms with Crippen LogP contribution in [0, 0.1) is 22.7 Å². The van der Waals surface area contributed by atoms with Gasteiger partial charge in [0, 0.05) is 11.3 Å². The molecular formula is C21H23N3O2. The second-order valence-corrected chi connectivity index (χ2v) is 8.16. The number of aryl methyl sites for hydroxylation is 1. The van der Waals surface area contributed by atoms with Crippen LogP contribution >= 0.6 is 0 Å². The summed E-state index contributed by atoms with van der Waals surface area (Å²) in [5.41, 5.74) is 10.8. The van der Waals surface area contributed by atoms with Crippen molar-refractivity contribution in [2.75, 3.05) is 12.5 Å². The van der Waals surface area contributed by atoms with Gasteiger partial charge in [0.15, 0.2) is 11.5 Å². The van der Waals surface area contributed by atoms with E-state index in [2.05, 4.69) is 31.8 Å². The zero-order chi connectivity index (χ0) is 18.5. The molecule has 0 saturated heterocycles. The Morgan fingerprint density at radius 2 is 2.00 bits per heavy atom. The van der Waals surface area contributed by atoms with Gasteiger partial charge in [0.1, 0.15) is 17.5 Å². The number of nitrogens with zero attached hydrogens (tertiary/aromatic N) is 2. The number of nitrogen functional groups attached to an aromatic ring is 1. The summed E-state index contributed by atoms with van der Waals surface area (Å²) in [6.07, 6.45) is 2.89. The average molecular weight is 349 g/mol. The Labute approximate surface area is 153 Å². The smallest absolute Gasteiger partial charge is 0.231 e. The predicted octanol–water partition coefficient (Wildman–Crippen LogP) is 4.08. The summed E-state index contributed by atoms with van der Waals surface area (Å²) >= 11 is 0. The highest BCUT2D eigenvalue weighted by molar-refractivity contribution is 5.80. The van der Waals surface area contributed by atoms with Gasteiger partial charge in [0.2, 0.25) is 6.79 Å². The SMILES string of the molecule is CC(C)(C)C1CCc2nc(N)c(C#N)c(-c3ccc4c(c3)OCO4)c2C1. The lowest BCUT2D eigenvalue weighted by Crippen LogP contribution is -2.28. The molecule has 0 spiro atoms. The first-order valence-electron chi connectivity index (χ1n) is 9.00. The van der Waals surface area contributed by atoms with Gasteiger partial charge in [-0.1, -0.05) is 26.8 Å². The molecule has 0 bridgehead atoms. The van der Waals surface area contributed by atoms with E-state index in [1.807, 2.05) is 18.2 Å². The highest BCUT2D eigenvalue weighted by Gasteiger charge is 2.32. The van der Waals surface area contributed by atoms with Crippen molar-refractivity contribution in [1.82, 2.24) is 4.98 Å². The Morgan fingerprint density at radius 3 is 2.73 bits per heavy atom. The summed E-state index contributed by atoms with van der Waals surface area (Å²) in [5, 5.41) is 9.76. The molecule has 1 atom stereocenters. The van der Waals surface area contributed by atoms with Gasteiger partial charge in [-0.3, -0.25) is 0 Å². The van der Waals surface area contributed by atoms with E-state index in [4.69, 9.17) is 15.2 Å².